The Morgan fingerprint density at radius 1 is 0.821 bits per heavy atom. The Labute approximate surface area is 212 Å². The summed E-state index contributed by atoms with van der Waals surface area (Å²) in [5.74, 6) is -8.22. The van der Waals surface area contributed by atoms with Crippen LogP contribution >= 0.6 is 0 Å². The van der Waals surface area contributed by atoms with E-state index < -0.39 is 70.4 Å². The van der Waals surface area contributed by atoms with Gasteiger partial charge in [0.15, 0.2) is 17.3 Å². The molecule has 0 aliphatic carbocycles. The number of hydrogen-bond donors (Lipinski definition) is 4. The van der Waals surface area contributed by atoms with E-state index in [9.17, 15) is 35.5 Å². The van der Waals surface area contributed by atoms with Gasteiger partial charge in [-0.3, -0.25) is 4.79 Å². The van der Waals surface area contributed by atoms with Gasteiger partial charge in [0.1, 0.15) is 22.9 Å². The molecule has 0 saturated heterocycles. The highest BCUT2D eigenvalue weighted by molar-refractivity contribution is 6.06. The average Bonchev–Trinajstić information content (AvgIpc) is 2.75. The fourth-order valence-corrected chi connectivity index (χ4v) is 3.11. The normalized spacial score (nSPS) is 12.2. The van der Waals surface area contributed by atoms with Crippen LogP contribution < -0.4 is 19.5 Å². The summed E-state index contributed by atoms with van der Waals surface area (Å²) >= 11 is 0. The topological polar surface area (TPSA) is 117 Å². The van der Waals surface area contributed by atoms with Gasteiger partial charge in [0.2, 0.25) is 0 Å². The molecule has 0 aromatic heterocycles. The summed E-state index contributed by atoms with van der Waals surface area (Å²) in [6, 6.07) is 5.26. The molecule has 0 fully saturated rings. The van der Waals surface area contributed by atoms with Gasteiger partial charge in [-0.1, -0.05) is 0 Å². The van der Waals surface area contributed by atoms with Gasteiger partial charge in [-0.05, 0) is 55.0 Å². The molecule has 0 unspecified atom stereocenters. The Morgan fingerprint density at radius 3 is 2.03 bits per heavy atom. The van der Waals surface area contributed by atoms with Crippen molar-refractivity contribution in [3.63, 3.8) is 0 Å². The van der Waals surface area contributed by atoms with E-state index in [1.807, 2.05) is 0 Å². The quantitative estimate of drug-likeness (QED) is 0.228. The maximum Gasteiger partial charge on any atom is 0.573 e. The van der Waals surface area contributed by atoms with Crippen molar-refractivity contribution in [2.75, 3.05) is 5.32 Å². The minimum absolute atomic E-state index is 0.0252. The number of hydrogen-bond acceptors (Lipinski definition) is 7. The molecule has 0 spiro atoms. The van der Waals surface area contributed by atoms with Crippen LogP contribution in [0.15, 0.2) is 48.5 Å². The van der Waals surface area contributed by atoms with E-state index in [1.54, 1.807) is 0 Å². The zero-order chi connectivity index (χ0) is 29.3. The van der Waals surface area contributed by atoms with E-state index in [0.29, 0.717) is 24.3 Å². The molecule has 1 amide bonds. The van der Waals surface area contributed by atoms with Gasteiger partial charge in [0.05, 0.1) is 5.56 Å². The molecule has 0 aliphatic rings. The summed E-state index contributed by atoms with van der Waals surface area (Å²) in [5.41, 5.74) is -3.36. The number of anilines is 1. The molecule has 0 saturated carbocycles. The lowest BCUT2D eigenvalue weighted by Crippen LogP contribution is -2.34. The minimum Gasteiger partial charge on any atom is -0.453 e. The molecular weight excluding hydrogens is 554 g/mol. The Kier molecular flexibility index (Phi) is 7.95. The standard InChI is InChI=1S/C23H15F8NO7/c1-10-8-11(2-5-14(10)24)32-20(33)18-16(7-4-13(19(18)25)21(26,27)28)37-15-6-3-12(38-22(29,30)31)9-17(15)39-23(34,35)36/h2-9,34-36H,1H3,(H,32,33). The second kappa shape index (κ2) is 10.5. The highest BCUT2D eigenvalue weighted by Gasteiger charge is 2.38. The third-order valence-electron chi connectivity index (χ3n) is 4.67. The zero-order valence-corrected chi connectivity index (χ0v) is 19.1. The van der Waals surface area contributed by atoms with Crippen molar-refractivity contribution in [2.24, 2.45) is 0 Å². The molecule has 39 heavy (non-hydrogen) atoms. The van der Waals surface area contributed by atoms with Gasteiger partial charge in [0.25, 0.3) is 5.91 Å². The average molecular weight is 569 g/mol. The highest BCUT2D eigenvalue weighted by atomic mass is 19.4. The number of benzene rings is 3. The van der Waals surface area contributed by atoms with Gasteiger partial charge in [-0.2, -0.15) is 13.2 Å². The second-order valence-corrected chi connectivity index (χ2v) is 7.65. The van der Waals surface area contributed by atoms with E-state index >= 15 is 4.39 Å². The third-order valence-corrected chi connectivity index (χ3v) is 4.67. The summed E-state index contributed by atoms with van der Waals surface area (Å²) in [4.78, 5) is 12.9. The molecule has 0 bridgehead atoms. The first kappa shape index (κ1) is 29.4. The maximum absolute atomic E-state index is 15.0. The second-order valence-electron chi connectivity index (χ2n) is 7.65. The zero-order valence-electron chi connectivity index (χ0n) is 19.1. The first-order valence-corrected chi connectivity index (χ1v) is 10.2. The van der Waals surface area contributed by atoms with Gasteiger partial charge in [0, 0.05) is 11.8 Å². The van der Waals surface area contributed by atoms with Crippen molar-refractivity contribution in [3.8, 4) is 23.0 Å². The van der Waals surface area contributed by atoms with Crippen LogP contribution in [0.25, 0.3) is 0 Å². The van der Waals surface area contributed by atoms with Gasteiger partial charge in [-0.25, -0.2) is 8.78 Å². The van der Waals surface area contributed by atoms with Crippen molar-refractivity contribution in [1.82, 2.24) is 0 Å². The number of alkyl halides is 6. The SMILES string of the molecule is Cc1cc(NC(=O)c2c(Oc3ccc(OC(F)(F)F)cc3OC(O)(O)O)ccc(C(F)(F)F)c2F)ccc1F. The van der Waals surface area contributed by atoms with Crippen LogP contribution in [0.5, 0.6) is 23.0 Å². The number of carbonyl (C=O) groups excluding carboxylic acids is 1. The van der Waals surface area contributed by atoms with Crippen molar-refractivity contribution >= 4 is 11.6 Å². The number of ether oxygens (including phenoxy) is 3. The Bertz CT molecular complexity index is 1380. The molecule has 0 radical (unpaired) electrons. The summed E-state index contributed by atoms with van der Waals surface area (Å²) in [6.07, 6.45) is -14.5. The fourth-order valence-electron chi connectivity index (χ4n) is 3.11. The van der Waals surface area contributed by atoms with Crippen molar-refractivity contribution in [3.05, 3.63) is 76.9 Å². The largest absolute Gasteiger partial charge is 0.573 e. The van der Waals surface area contributed by atoms with Crippen LogP contribution in [0.1, 0.15) is 21.5 Å². The Balaban J connectivity index is 2.11. The van der Waals surface area contributed by atoms with E-state index in [2.05, 4.69) is 14.8 Å². The van der Waals surface area contributed by atoms with Crippen molar-refractivity contribution in [2.45, 2.75) is 25.6 Å². The van der Waals surface area contributed by atoms with Crippen LogP contribution in [0.4, 0.5) is 40.8 Å². The maximum atomic E-state index is 15.0. The van der Waals surface area contributed by atoms with Crippen LogP contribution in [0, 0.1) is 18.6 Å². The molecule has 3 aromatic rings. The van der Waals surface area contributed by atoms with Crippen LogP contribution in [0.3, 0.4) is 0 Å². The molecule has 3 aromatic carbocycles. The summed E-state index contributed by atoms with van der Waals surface area (Å²) < 4.78 is 119. The highest BCUT2D eigenvalue weighted by Crippen LogP contribution is 2.41. The van der Waals surface area contributed by atoms with E-state index in [-0.39, 0.29) is 17.3 Å². The number of halogens is 8. The smallest absolute Gasteiger partial charge is 0.453 e. The first-order chi connectivity index (χ1) is 17.8. The molecule has 0 aliphatic heterocycles. The molecule has 0 atom stereocenters. The predicted octanol–water partition coefficient (Wildman–Crippen LogP) is 5.20. The molecule has 210 valence electrons. The molecule has 3 rings (SSSR count). The molecule has 4 N–H and O–H groups in total. The molecule has 8 nitrogen and oxygen atoms in total. The third kappa shape index (κ3) is 7.68. The van der Waals surface area contributed by atoms with Crippen LogP contribution in [0.2, 0.25) is 0 Å². The van der Waals surface area contributed by atoms with Gasteiger partial charge in [-0.15, -0.1) is 13.2 Å². The molecular formula is C23H15F8NO7. The monoisotopic (exact) mass is 569 g/mol. The molecule has 0 heterocycles. The van der Waals surface area contributed by atoms with Crippen LogP contribution in [-0.4, -0.2) is 33.7 Å². The first-order valence-electron chi connectivity index (χ1n) is 10.2. The fraction of sp³-hybridized carbons (Fsp3) is 0.174. The van der Waals surface area contributed by atoms with Gasteiger partial charge < -0.3 is 34.8 Å². The van der Waals surface area contributed by atoms with Crippen molar-refractivity contribution < 1.29 is 69.4 Å². The summed E-state index contributed by atoms with van der Waals surface area (Å²) in [7, 11) is 0. The van der Waals surface area contributed by atoms with E-state index in [1.165, 1.54) is 6.92 Å². The Hall–Kier alpha value is -4.15. The number of rotatable bonds is 7. The number of amides is 1. The van der Waals surface area contributed by atoms with E-state index in [4.69, 9.17) is 20.1 Å². The van der Waals surface area contributed by atoms with Gasteiger partial charge >= 0.3 is 18.7 Å². The predicted molar refractivity (Wildman–Crippen MR) is 114 cm³/mol. The lowest BCUT2D eigenvalue weighted by atomic mass is 10.1. The number of aliphatic hydroxyl groups is 3. The molecule has 16 heteroatoms. The van der Waals surface area contributed by atoms with E-state index in [0.717, 1.165) is 18.2 Å². The Morgan fingerprint density at radius 2 is 1.46 bits per heavy atom. The lowest BCUT2D eigenvalue weighted by Gasteiger charge is -2.21. The lowest BCUT2D eigenvalue weighted by molar-refractivity contribution is -0.419. The van der Waals surface area contributed by atoms with Crippen molar-refractivity contribution in [1.29, 1.82) is 0 Å². The minimum atomic E-state index is -5.28. The summed E-state index contributed by atoms with van der Waals surface area (Å²) in [5, 5.41) is 29.4. The number of nitrogens with one attached hydrogen (secondary N) is 1. The summed E-state index contributed by atoms with van der Waals surface area (Å²) in [6.45, 7) is 1.31. The number of carbonyl (C=O) groups is 1. The van der Waals surface area contributed by atoms with Crippen LogP contribution in [-0.2, 0) is 6.18 Å². The number of aryl methyl sites for hydroxylation is 1.